The van der Waals surface area contributed by atoms with Gasteiger partial charge in [0.2, 0.25) is 0 Å². The van der Waals surface area contributed by atoms with Crippen LogP contribution < -0.4 is 0 Å². The molecule has 0 aromatic heterocycles. The van der Waals surface area contributed by atoms with Gasteiger partial charge in [-0.15, -0.1) is 0 Å². The predicted octanol–water partition coefficient (Wildman–Crippen LogP) is 17.8. The molecule has 0 rings (SSSR count). The van der Waals surface area contributed by atoms with Gasteiger partial charge in [0.25, 0.3) is 0 Å². The van der Waals surface area contributed by atoms with Crippen molar-refractivity contribution in [2.24, 2.45) is 0 Å². The molecule has 1 atom stereocenters. The molecule has 0 heterocycles. The molecular formula is C58H100O5. The van der Waals surface area contributed by atoms with Gasteiger partial charge in [-0.2, -0.15) is 0 Å². The number of hydrogen-bond acceptors (Lipinski definition) is 5. The summed E-state index contributed by atoms with van der Waals surface area (Å²) in [6, 6.07) is 0. The predicted molar refractivity (Wildman–Crippen MR) is 274 cm³/mol. The van der Waals surface area contributed by atoms with Crippen molar-refractivity contribution < 1.29 is 24.2 Å². The van der Waals surface area contributed by atoms with Crippen molar-refractivity contribution >= 4 is 11.9 Å². The molecule has 0 radical (unpaired) electrons. The van der Waals surface area contributed by atoms with E-state index in [1.54, 1.807) is 0 Å². The van der Waals surface area contributed by atoms with Crippen LogP contribution in [0, 0.1) is 0 Å². The van der Waals surface area contributed by atoms with Crippen molar-refractivity contribution in [3.05, 3.63) is 85.1 Å². The molecule has 0 fully saturated rings. The Morgan fingerprint density at radius 2 is 0.683 bits per heavy atom. The molecule has 0 saturated heterocycles. The minimum atomic E-state index is -0.779. The largest absolute Gasteiger partial charge is 0.462 e. The lowest BCUT2D eigenvalue weighted by Crippen LogP contribution is -2.28. The van der Waals surface area contributed by atoms with E-state index in [1.807, 2.05) is 0 Å². The number of unbranched alkanes of at least 4 members (excludes halogenated alkanes) is 26. The molecule has 5 nitrogen and oxygen atoms in total. The van der Waals surface area contributed by atoms with Crippen LogP contribution in [0.5, 0.6) is 0 Å². The minimum absolute atomic E-state index is 0.0705. The molecule has 0 amide bonds. The summed E-state index contributed by atoms with van der Waals surface area (Å²) in [7, 11) is 0. The van der Waals surface area contributed by atoms with Gasteiger partial charge < -0.3 is 14.6 Å². The number of aliphatic hydroxyl groups excluding tert-OH is 1. The maximum absolute atomic E-state index is 12.3. The van der Waals surface area contributed by atoms with Crippen LogP contribution in [0.2, 0.25) is 0 Å². The highest BCUT2D eigenvalue weighted by molar-refractivity contribution is 5.70. The van der Waals surface area contributed by atoms with Crippen LogP contribution in [0.1, 0.15) is 251 Å². The first kappa shape index (κ1) is 60.1. The lowest BCUT2D eigenvalue weighted by Gasteiger charge is -2.15. The van der Waals surface area contributed by atoms with Crippen molar-refractivity contribution in [2.45, 2.75) is 258 Å². The van der Waals surface area contributed by atoms with Crippen LogP contribution in [0.3, 0.4) is 0 Å². The number of aliphatic hydroxyl groups is 1. The van der Waals surface area contributed by atoms with Gasteiger partial charge in [-0.25, -0.2) is 0 Å². The topological polar surface area (TPSA) is 72.8 Å². The summed E-state index contributed by atoms with van der Waals surface area (Å²) >= 11 is 0. The van der Waals surface area contributed by atoms with Crippen LogP contribution in [0.4, 0.5) is 0 Å². The maximum Gasteiger partial charge on any atom is 0.306 e. The molecule has 1 N–H and O–H groups in total. The Bertz CT molecular complexity index is 1170. The summed E-state index contributed by atoms with van der Waals surface area (Å²) in [5, 5.41) is 9.63. The highest BCUT2D eigenvalue weighted by Gasteiger charge is 2.16. The van der Waals surface area contributed by atoms with Crippen LogP contribution in [-0.2, 0) is 19.1 Å². The molecule has 0 aromatic rings. The van der Waals surface area contributed by atoms with E-state index in [-0.39, 0.29) is 25.2 Å². The first-order valence-corrected chi connectivity index (χ1v) is 26.6. The van der Waals surface area contributed by atoms with E-state index in [9.17, 15) is 14.7 Å². The molecule has 0 aliphatic rings. The zero-order valence-electron chi connectivity index (χ0n) is 41.3. The summed E-state index contributed by atoms with van der Waals surface area (Å²) < 4.78 is 10.7. The van der Waals surface area contributed by atoms with Crippen molar-refractivity contribution in [3.63, 3.8) is 0 Å². The van der Waals surface area contributed by atoms with E-state index in [0.717, 1.165) is 77.0 Å². The lowest BCUT2D eigenvalue weighted by atomic mass is 10.0. The zero-order valence-corrected chi connectivity index (χ0v) is 41.3. The first-order valence-electron chi connectivity index (χ1n) is 26.6. The van der Waals surface area contributed by atoms with Crippen molar-refractivity contribution in [3.8, 4) is 0 Å². The minimum Gasteiger partial charge on any atom is -0.462 e. The van der Waals surface area contributed by atoms with E-state index < -0.39 is 6.10 Å². The molecule has 0 aliphatic heterocycles. The van der Waals surface area contributed by atoms with Gasteiger partial charge in [0.15, 0.2) is 6.10 Å². The summed E-state index contributed by atoms with van der Waals surface area (Å²) in [6.45, 7) is 4.03. The van der Waals surface area contributed by atoms with Crippen molar-refractivity contribution in [2.75, 3.05) is 13.2 Å². The highest BCUT2D eigenvalue weighted by atomic mass is 16.6. The number of hydrogen-bond donors (Lipinski definition) is 1. The van der Waals surface area contributed by atoms with E-state index in [2.05, 4.69) is 98.9 Å². The molecule has 63 heavy (non-hydrogen) atoms. The summed E-state index contributed by atoms with van der Waals surface area (Å²) in [5.74, 6) is -0.595. The molecule has 1 unspecified atom stereocenters. The fourth-order valence-corrected chi connectivity index (χ4v) is 7.44. The Labute approximate surface area is 390 Å². The molecule has 0 aromatic carbocycles. The molecule has 0 spiro atoms. The second-order valence-electron chi connectivity index (χ2n) is 17.6. The summed E-state index contributed by atoms with van der Waals surface area (Å²) in [4.78, 5) is 24.5. The van der Waals surface area contributed by atoms with E-state index in [0.29, 0.717) is 12.8 Å². The smallest absolute Gasteiger partial charge is 0.306 e. The summed E-state index contributed by atoms with van der Waals surface area (Å²) in [5.41, 5.74) is 0. The standard InChI is InChI=1S/C58H100O5/c1-3-5-7-9-11-13-15-17-19-21-23-24-25-26-27-28-29-30-31-32-33-34-35-37-39-41-43-45-47-49-51-53-58(61)63-56(54-59)55-62-57(60)52-50-48-46-44-42-40-38-36-22-20-18-16-14-12-10-8-6-4-2/h5,7,11,13,17,19-20,22-24,26-27,29-30,56,59H,3-4,6,8-10,12,14-16,18,21,25,28,31-55H2,1-2H3/b7-5-,13-11-,19-17-,22-20-,24-23-,27-26-,30-29-. The molecule has 0 aliphatic carbocycles. The molecule has 0 saturated carbocycles. The SMILES string of the molecule is CC/C=C\C/C=C\C/C=C\C/C=C\C/C=C\C/C=C\CCCCCCCCCCCCCCC(=O)OC(CO)COC(=O)CCCCCCCCC/C=C\CCCCCCCCC. The van der Waals surface area contributed by atoms with Crippen LogP contribution >= 0.6 is 0 Å². The normalized spacial score (nSPS) is 12.9. The fraction of sp³-hybridized carbons (Fsp3) is 0.724. The number of allylic oxidation sites excluding steroid dienone is 14. The second kappa shape index (κ2) is 53.4. The van der Waals surface area contributed by atoms with Crippen LogP contribution in [-0.4, -0.2) is 36.4 Å². The van der Waals surface area contributed by atoms with Crippen molar-refractivity contribution in [1.29, 1.82) is 0 Å². The van der Waals surface area contributed by atoms with Crippen LogP contribution in [0.25, 0.3) is 0 Å². The lowest BCUT2D eigenvalue weighted by molar-refractivity contribution is -0.161. The van der Waals surface area contributed by atoms with Gasteiger partial charge in [0.05, 0.1) is 6.61 Å². The highest BCUT2D eigenvalue weighted by Crippen LogP contribution is 2.15. The Kier molecular flexibility index (Phi) is 50.9. The molecular weight excluding hydrogens is 777 g/mol. The number of carbonyl (C=O) groups excluding carboxylic acids is 2. The van der Waals surface area contributed by atoms with E-state index in [1.165, 1.54) is 148 Å². The van der Waals surface area contributed by atoms with E-state index in [4.69, 9.17) is 9.47 Å². The van der Waals surface area contributed by atoms with Gasteiger partial charge in [0.1, 0.15) is 6.61 Å². The molecule has 0 bridgehead atoms. The molecule has 362 valence electrons. The number of carbonyl (C=O) groups is 2. The van der Waals surface area contributed by atoms with Gasteiger partial charge in [0, 0.05) is 12.8 Å². The average molecular weight is 877 g/mol. The second-order valence-corrected chi connectivity index (χ2v) is 17.6. The first-order chi connectivity index (χ1) is 31.1. The number of rotatable bonds is 48. The fourth-order valence-electron chi connectivity index (χ4n) is 7.44. The van der Waals surface area contributed by atoms with Gasteiger partial charge >= 0.3 is 11.9 Å². The average Bonchev–Trinajstić information content (AvgIpc) is 3.29. The maximum atomic E-state index is 12.3. The number of esters is 2. The Hall–Kier alpha value is -2.92. The Morgan fingerprint density at radius 3 is 1.05 bits per heavy atom. The van der Waals surface area contributed by atoms with E-state index >= 15 is 0 Å². The van der Waals surface area contributed by atoms with Crippen LogP contribution in [0.15, 0.2) is 85.1 Å². The third kappa shape index (κ3) is 51.6. The Morgan fingerprint density at radius 1 is 0.381 bits per heavy atom. The van der Waals surface area contributed by atoms with Crippen molar-refractivity contribution in [1.82, 2.24) is 0 Å². The van der Waals surface area contributed by atoms with Gasteiger partial charge in [-0.1, -0.05) is 234 Å². The monoisotopic (exact) mass is 877 g/mol. The summed E-state index contributed by atoms with van der Waals surface area (Å²) in [6.07, 6.45) is 73.9. The third-order valence-electron chi connectivity index (χ3n) is 11.4. The zero-order chi connectivity index (χ0) is 45.6. The Balaban J connectivity index is 3.52. The quantitative estimate of drug-likeness (QED) is 0.0374. The third-order valence-corrected chi connectivity index (χ3v) is 11.4. The van der Waals surface area contributed by atoms with Gasteiger partial charge in [-0.05, 0) is 89.9 Å². The number of ether oxygens (including phenoxy) is 2. The molecule has 5 heteroatoms. The van der Waals surface area contributed by atoms with Gasteiger partial charge in [-0.3, -0.25) is 9.59 Å².